The summed E-state index contributed by atoms with van der Waals surface area (Å²) in [4.78, 5) is 0. The van der Waals surface area contributed by atoms with E-state index in [4.69, 9.17) is 0 Å². The van der Waals surface area contributed by atoms with Crippen molar-refractivity contribution in [3.8, 4) is 5.06 Å². The van der Waals surface area contributed by atoms with Gasteiger partial charge in [0.1, 0.15) is 0 Å². The zero-order valence-corrected chi connectivity index (χ0v) is 11.0. The van der Waals surface area contributed by atoms with Gasteiger partial charge in [-0.05, 0) is 62.7 Å². The van der Waals surface area contributed by atoms with E-state index in [-0.39, 0.29) is 0 Å². The van der Waals surface area contributed by atoms with Crippen LogP contribution >= 0.6 is 56.5 Å². The lowest BCUT2D eigenvalue weighted by atomic mass is 10.3. The van der Waals surface area contributed by atoms with Crippen molar-refractivity contribution < 1.29 is 5.11 Å². The molecule has 1 nitrogen and oxygen atoms in total. The van der Waals surface area contributed by atoms with Gasteiger partial charge in [-0.3, -0.25) is 0 Å². The summed E-state index contributed by atoms with van der Waals surface area (Å²) in [5.41, 5.74) is 0. The molecule has 0 unspecified atom stereocenters. The molecule has 0 spiro atoms. The van der Waals surface area contributed by atoms with Crippen LogP contribution in [0.2, 0.25) is 0 Å². The maximum absolute atomic E-state index is 9.28. The lowest BCUT2D eigenvalue weighted by Crippen LogP contribution is -1.76. The zero-order chi connectivity index (χ0) is 8.72. The van der Waals surface area contributed by atoms with Crippen LogP contribution in [0.4, 0.5) is 0 Å². The first-order valence-corrected chi connectivity index (χ1v) is 6.22. The van der Waals surface area contributed by atoms with E-state index < -0.39 is 0 Å². The molecule has 2 aromatic rings. The Bertz CT molecular complexity index is 436. The summed E-state index contributed by atoms with van der Waals surface area (Å²) in [5.74, 6) is 0. The summed E-state index contributed by atoms with van der Waals surface area (Å²) in [6, 6.07) is 5.91. The maximum atomic E-state index is 9.28. The van der Waals surface area contributed by atoms with Crippen LogP contribution < -0.4 is 0 Å². The van der Waals surface area contributed by atoms with Gasteiger partial charge in [0.05, 0.1) is 4.70 Å². The van der Waals surface area contributed by atoms with Crippen LogP contribution in [0.1, 0.15) is 0 Å². The average molecular weight is 402 g/mol. The fraction of sp³-hybridized carbons (Fsp3) is 0. The Hall–Kier alpha value is 0.440. The van der Waals surface area contributed by atoms with Crippen LogP contribution in [-0.4, -0.2) is 5.11 Å². The molecule has 0 fully saturated rings. The number of hydrogen-bond donors (Lipinski definition) is 1. The van der Waals surface area contributed by atoms with E-state index in [1.807, 2.05) is 6.07 Å². The first kappa shape index (κ1) is 9.01. The Kier molecular flexibility index (Phi) is 2.48. The van der Waals surface area contributed by atoms with Crippen LogP contribution in [0.5, 0.6) is 5.06 Å². The molecule has 0 saturated heterocycles. The monoisotopic (exact) mass is 402 g/mol. The number of benzene rings is 1. The normalized spacial score (nSPS) is 10.8. The number of hydrogen-bond acceptors (Lipinski definition) is 2. The Balaban J connectivity index is 2.89. The van der Waals surface area contributed by atoms with Crippen molar-refractivity contribution in [3.05, 3.63) is 25.3 Å². The van der Waals surface area contributed by atoms with Crippen molar-refractivity contribution in [1.29, 1.82) is 0 Å². The predicted molar refractivity (Wildman–Crippen MR) is 68.9 cm³/mol. The molecule has 12 heavy (non-hydrogen) atoms. The van der Waals surface area contributed by atoms with Gasteiger partial charge in [0.25, 0.3) is 0 Å². The SMILES string of the molecule is Oc1cc2ccc(I)c(I)c2s1. The van der Waals surface area contributed by atoms with E-state index in [1.54, 1.807) is 6.07 Å². The molecule has 1 aromatic carbocycles. The lowest BCUT2D eigenvalue weighted by molar-refractivity contribution is 0.491. The van der Waals surface area contributed by atoms with Crippen LogP contribution in [0.25, 0.3) is 10.1 Å². The maximum Gasteiger partial charge on any atom is 0.172 e. The fourth-order valence-electron chi connectivity index (χ4n) is 1.03. The molecule has 0 saturated carbocycles. The van der Waals surface area contributed by atoms with Crippen molar-refractivity contribution in [1.82, 2.24) is 0 Å². The molecule has 0 radical (unpaired) electrons. The van der Waals surface area contributed by atoms with Gasteiger partial charge in [-0.25, -0.2) is 0 Å². The average Bonchev–Trinajstić information content (AvgIpc) is 2.39. The number of fused-ring (bicyclic) bond motifs is 1. The second kappa shape index (κ2) is 3.30. The number of thiophene rings is 1. The largest absolute Gasteiger partial charge is 0.499 e. The molecule has 2 rings (SSSR count). The van der Waals surface area contributed by atoms with Gasteiger partial charge in [-0.2, -0.15) is 0 Å². The topological polar surface area (TPSA) is 20.2 Å². The highest BCUT2D eigenvalue weighted by Gasteiger charge is 2.06. The lowest BCUT2D eigenvalue weighted by Gasteiger charge is -1.95. The quantitative estimate of drug-likeness (QED) is 0.665. The van der Waals surface area contributed by atoms with Gasteiger partial charge >= 0.3 is 0 Å². The van der Waals surface area contributed by atoms with Crippen molar-refractivity contribution in [2.75, 3.05) is 0 Å². The zero-order valence-electron chi connectivity index (χ0n) is 5.84. The van der Waals surface area contributed by atoms with Gasteiger partial charge in [0.2, 0.25) is 0 Å². The highest BCUT2D eigenvalue weighted by molar-refractivity contribution is 14.1. The van der Waals surface area contributed by atoms with Crippen LogP contribution in [0, 0.1) is 7.14 Å². The van der Waals surface area contributed by atoms with Crippen molar-refractivity contribution in [2.24, 2.45) is 0 Å². The molecule has 0 aliphatic carbocycles. The fourth-order valence-corrected chi connectivity index (χ4v) is 3.32. The van der Waals surface area contributed by atoms with Crippen molar-refractivity contribution >= 4 is 66.6 Å². The van der Waals surface area contributed by atoms with Crippen LogP contribution in [-0.2, 0) is 0 Å². The third-order valence-electron chi connectivity index (χ3n) is 1.57. The summed E-state index contributed by atoms with van der Waals surface area (Å²) < 4.78 is 3.65. The second-order valence-corrected chi connectivity index (χ2v) is 5.64. The van der Waals surface area contributed by atoms with E-state index in [0.717, 1.165) is 5.39 Å². The molecule has 1 heterocycles. The van der Waals surface area contributed by atoms with Crippen LogP contribution in [0.15, 0.2) is 18.2 Å². The van der Waals surface area contributed by atoms with Gasteiger partial charge < -0.3 is 5.11 Å². The Morgan fingerprint density at radius 2 is 2.00 bits per heavy atom. The summed E-state index contributed by atoms with van der Waals surface area (Å²) >= 11 is 6.04. The third kappa shape index (κ3) is 1.44. The van der Waals surface area contributed by atoms with Gasteiger partial charge in [0.15, 0.2) is 5.06 Å². The molecule has 4 heteroatoms. The third-order valence-corrected chi connectivity index (χ3v) is 5.95. The highest BCUT2D eigenvalue weighted by Crippen LogP contribution is 2.35. The van der Waals surface area contributed by atoms with Gasteiger partial charge in [-0.1, -0.05) is 17.4 Å². The Morgan fingerprint density at radius 3 is 2.75 bits per heavy atom. The summed E-state index contributed by atoms with van der Waals surface area (Å²) in [6.45, 7) is 0. The van der Waals surface area contributed by atoms with E-state index >= 15 is 0 Å². The molecule has 0 atom stereocenters. The highest BCUT2D eigenvalue weighted by atomic mass is 127. The summed E-state index contributed by atoms with van der Waals surface area (Å²) in [7, 11) is 0. The van der Waals surface area contributed by atoms with E-state index in [1.165, 1.54) is 23.2 Å². The van der Waals surface area contributed by atoms with Crippen molar-refractivity contribution in [3.63, 3.8) is 0 Å². The Labute approximate surface area is 101 Å². The standard InChI is InChI=1S/C8H4I2OS/c9-5-2-1-4-3-6(11)12-8(4)7(5)10/h1-3,11H. The smallest absolute Gasteiger partial charge is 0.172 e. The minimum absolute atomic E-state index is 0.393. The molecular weight excluding hydrogens is 398 g/mol. The van der Waals surface area contributed by atoms with E-state index in [2.05, 4.69) is 51.2 Å². The van der Waals surface area contributed by atoms with E-state index in [0.29, 0.717) is 5.06 Å². The minimum Gasteiger partial charge on any atom is -0.499 e. The molecule has 0 aliphatic heterocycles. The van der Waals surface area contributed by atoms with Gasteiger partial charge in [0, 0.05) is 7.14 Å². The second-order valence-electron chi connectivity index (χ2n) is 2.36. The Morgan fingerprint density at radius 1 is 1.25 bits per heavy atom. The van der Waals surface area contributed by atoms with Gasteiger partial charge in [-0.15, -0.1) is 0 Å². The first-order valence-electron chi connectivity index (χ1n) is 3.25. The molecule has 0 bridgehead atoms. The molecule has 0 amide bonds. The summed E-state index contributed by atoms with van der Waals surface area (Å²) in [5, 5.41) is 10.8. The minimum atomic E-state index is 0.393. The molecule has 62 valence electrons. The number of aromatic hydroxyl groups is 1. The first-order chi connectivity index (χ1) is 5.68. The predicted octanol–water partition coefficient (Wildman–Crippen LogP) is 3.82. The molecule has 0 aliphatic rings. The summed E-state index contributed by atoms with van der Waals surface area (Å²) in [6.07, 6.45) is 0. The van der Waals surface area contributed by atoms with E-state index in [9.17, 15) is 5.11 Å². The number of halogens is 2. The molecular formula is C8H4I2OS. The number of rotatable bonds is 0. The molecule has 1 N–H and O–H groups in total. The van der Waals surface area contributed by atoms with Crippen LogP contribution in [0.3, 0.4) is 0 Å². The molecule has 1 aromatic heterocycles. The van der Waals surface area contributed by atoms with Crippen molar-refractivity contribution in [2.45, 2.75) is 0 Å².